The minimum atomic E-state index is -0.735. The van der Waals surface area contributed by atoms with Crippen molar-refractivity contribution < 1.29 is 9.90 Å². The third-order valence-electron chi connectivity index (χ3n) is 3.94. The van der Waals surface area contributed by atoms with Gasteiger partial charge < -0.3 is 10.0 Å². The molecule has 2 atom stereocenters. The summed E-state index contributed by atoms with van der Waals surface area (Å²) in [5.74, 6) is -0.00604. The Morgan fingerprint density at radius 3 is 3.05 bits per heavy atom. The van der Waals surface area contributed by atoms with Crippen molar-refractivity contribution in [2.75, 3.05) is 24.0 Å². The van der Waals surface area contributed by atoms with E-state index in [4.69, 9.17) is 0 Å². The number of anilines is 1. The molecule has 1 heterocycles. The number of thioether (sulfide) groups is 1. The maximum Gasteiger partial charge on any atom is 0.312 e. The SMILES string of the molecule is CSCCC(C)N(C)c1nc2c(s1)CCCC2C(=O)O. The van der Waals surface area contributed by atoms with Crippen LogP contribution in [0.15, 0.2) is 0 Å². The van der Waals surface area contributed by atoms with E-state index < -0.39 is 11.9 Å². The number of carboxylic acids is 1. The van der Waals surface area contributed by atoms with Gasteiger partial charge in [-0.25, -0.2) is 4.98 Å². The molecule has 0 amide bonds. The number of rotatable bonds is 6. The normalized spacial score (nSPS) is 19.4. The molecular formula is C14H22N2O2S2. The number of hydrogen-bond acceptors (Lipinski definition) is 5. The van der Waals surface area contributed by atoms with Gasteiger partial charge >= 0.3 is 5.97 Å². The molecule has 6 heteroatoms. The molecule has 1 aliphatic carbocycles. The van der Waals surface area contributed by atoms with E-state index in [1.54, 1.807) is 11.3 Å². The summed E-state index contributed by atoms with van der Waals surface area (Å²) in [5.41, 5.74) is 0.813. The molecule has 0 fully saturated rings. The summed E-state index contributed by atoms with van der Waals surface area (Å²) in [6, 6.07) is 0.429. The van der Waals surface area contributed by atoms with Gasteiger partial charge in [0.15, 0.2) is 5.13 Å². The van der Waals surface area contributed by atoms with Gasteiger partial charge in [0.25, 0.3) is 0 Å². The highest BCUT2D eigenvalue weighted by Gasteiger charge is 2.30. The summed E-state index contributed by atoms with van der Waals surface area (Å²) in [5, 5.41) is 10.3. The molecule has 1 aromatic rings. The third-order valence-corrected chi connectivity index (χ3v) is 5.81. The van der Waals surface area contributed by atoms with E-state index in [0.717, 1.165) is 42.3 Å². The Morgan fingerprint density at radius 2 is 2.40 bits per heavy atom. The van der Waals surface area contributed by atoms with Crippen LogP contribution in [-0.4, -0.2) is 41.2 Å². The fourth-order valence-electron chi connectivity index (χ4n) is 2.47. The summed E-state index contributed by atoms with van der Waals surface area (Å²) < 4.78 is 0. The van der Waals surface area contributed by atoms with Crippen LogP contribution in [0, 0.1) is 0 Å². The van der Waals surface area contributed by atoms with Gasteiger partial charge in [-0.15, -0.1) is 11.3 Å². The summed E-state index contributed by atoms with van der Waals surface area (Å²) in [6.45, 7) is 2.20. The van der Waals surface area contributed by atoms with Crippen LogP contribution in [0.4, 0.5) is 5.13 Å². The Hall–Kier alpha value is -0.750. The van der Waals surface area contributed by atoms with Crippen molar-refractivity contribution in [2.24, 2.45) is 0 Å². The van der Waals surface area contributed by atoms with Gasteiger partial charge in [0.1, 0.15) is 5.92 Å². The van der Waals surface area contributed by atoms with Crippen LogP contribution in [0.2, 0.25) is 0 Å². The summed E-state index contributed by atoms with van der Waals surface area (Å²) in [6.07, 6.45) is 5.88. The first-order valence-electron chi connectivity index (χ1n) is 6.98. The Balaban J connectivity index is 2.16. The number of hydrogen-bond donors (Lipinski definition) is 1. The Morgan fingerprint density at radius 1 is 1.65 bits per heavy atom. The van der Waals surface area contributed by atoms with Crippen molar-refractivity contribution >= 4 is 34.2 Å². The molecule has 0 saturated heterocycles. The van der Waals surface area contributed by atoms with Crippen molar-refractivity contribution in [1.82, 2.24) is 4.98 Å². The molecule has 0 spiro atoms. The van der Waals surface area contributed by atoms with E-state index in [1.807, 2.05) is 11.8 Å². The molecular weight excluding hydrogens is 292 g/mol. The molecule has 0 saturated carbocycles. The van der Waals surface area contributed by atoms with E-state index in [-0.39, 0.29) is 0 Å². The Kier molecular flexibility index (Phi) is 5.32. The van der Waals surface area contributed by atoms with Gasteiger partial charge in [-0.2, -0.15) is 11.8 Å². The zero-order chi connectivity index (χ0) is 14.7. The Labute approximate surface area is 128 Å². The average Bonchev–Trinajstić information content (AvgIpc) is 2.87. The van der Waals surface area contributed by atoms with Crippen LogP contribution in [0.1, 0.15) is 42.7 Å². The first kappa shape index (κ1) is 15.6. The molecule has 1 aliphatic rings. The van der Waals surface area contributed by atoms with Crippen LogP contribution < -0.4 is 4.90 Å². The molecule has 4 nitrogen and oxygen atoms in total. The molecule has 0 bridgehead atoms. The van der Waals surface area contributed by atoms with Crippen LogP contribution in [-0.2, 0) is 11.2 Å². The van der Waals surface area contributed by atoms with Crippen LogP contribution in [0.3, 0.4) is 0 Å². The predicted octanol–water partition coefficient (Wildman–Crippen LogP) is 3.23. The van der Waals surface area contributed by atoms with Gasteiger partial charge in [-0.1, -0.05) is 0 Å². The molecule has 20 heavy (non-hydrogen) atoms. The van der Waals surface area contributed by atoms with Gasteiger partial charge in [-0.3, -0.25) is 4.79 Å². The number of nitrogens with zero attached hydrogens (tertiary/aromatic N) is 2. The third kappa shape index (κ3) is 3.28. The van der Waals surface area contributed by atoms with Crippen molar-refractivity contribution in [3.8, 4) is 0 Å². The molecule has 2 rings (SSSR count). The monoisotopic (exact) mass is 314 g/mol. The standard InChI is InChI=1S/C14H22N2O2S2/c1-9(7-8-19-3)16(2)14-15-12-10(13(17)18)5-4-6-11(12)20-14/h9-10H,4-8H2,1-3H3,(H,17,18). The van der Waals surface area contributed by atoms with E-state index in [2.05, 4.69) is 30.1 Å². The fourth-order valence-corrected chi connectivity index (χ4v) is 4.27. The largest absolute Gasteiger partial charge is 0.481 e. The summed E-state index contributed by atoms with van der Waals surface area (Å²) in [7, 11) is 2.06. The van der Waals surface area contributed by atoms with Crippen LogP contribution >= 0.6 is 23.1 Å². The van der Waals surface area contributed by atoms with Crippen molar-refractivity contribution in [2.45, 2.75) is 44.6 Å². The maximum atomic E-state index is 11.3. The second-order valence-corrected chi connectivity index (χ2v) is 7.38. The smallest absolute Gasteiger partial charge is 0.312 e. The minimum Gasteiger partial charge on any atom is -0.481 e. The van der Waals surface area contributed by atoms with Gasteiger partial charge in [0, 0.05) is 18.0 Å². The van der Waals surface area contributed by atoms with Crippen molar-refractivity contribution in [3.05, 3.63) is 10.6 Å². The molecule has 112 valence electrons. The maximum absolute atomic E-state index is 11.3. The number of fused-ring (bicyclic) bond motifs is 1. The van der Waals surface area contributed by atoms with E-state index in [9.17, 15) is 9.90 Å². The topological polar surface area (TPSA) is 53.4 Å². The lowest BCUT2D eigenvalue weighted by Crippen LogP contribution is -2.29. The molecule has 0 radical (unpaired) electrons. The molecule has 1 N–H and O–H groups in total. The Bertz CT molecular complexity index is 476. The summed E-state index contributed by atoms with van der Waals surface area (Å²) >= 11 is 3.52. The van der Waals surface area contributed by atoms with Crippen molar-refractivity contribution in [3.63, 3.8) is 0 Å². The highest BCUT2D eigenvalue weighted by molar-refractivity contribution is 7.98. The molecule has 0 aliphatic heterocycles. The summed E-state index contributed by atoms with van der Waals surface area (Å²) in [4.78, 5) is 19.3. The lowest BCUT2D eigenvalue weighted by atomic mass is 9.91. The number of aryl methyl sites for hydroxylation is 1. The quantitative estimate of drug-likeness (QED) is 0.873. The average molecular weight is 314 g/mol. The zero-order valence-electron chi connectivity index (χ0n) is 12.3. The lowest BCUT2D eigenvalue weighted by molar-refractivity contribution is -0.139. The number of carbonyl (C=O) groups is 1. The van der Waals surface area contributed by atoms with Crippen molar-refractivity contribution in [1.29, 1.82) is 0 Å². The zero-order valence-corrected chi connectivity index (χ0v) is 13.9. The minimum absolute atomic E-state index is 0.404. The molecule has 1 aromatic heterocycles. The van der Waals surface area contributed by atoms with Crippen LogP contribution in [0.25, 0.3) is 0 Å². The fraction of sp³-hybridized carbons (Fsp3) is 0.714. The lowest BCUT2D eigenvalue weighted by Gasteiger charge is -2.24. The number of thiazole rings is 1. The number of aliphatic carboxylic acids is 1. The number of carboxylic acid groups (broad SMARTS) is 1. The van der Waals surface area contributed by atoms with E-state index >= 15 is 0 Å². The first-order chi connectivity index (χ1) is 9.54. The molecule has 0 aromatic carbocycles. The van der Waals surface area contributed by atoms with E-state index in [0.29, 0.717) is 6.04 Å². The van der Waals surface area contributed by atoms with Gasteiger partial charge in [0.05, 0.1) is 5.69 Å². The second kappa shape index (κ2) is 6.80. The van der Waals surface area contributed by atoms with E-state index in [1.165, 1.54) is 4.88 Å². The van der Waals surface area contributed by atoms with Crippen LogP contribution in [0.5, 0.6) is 0 Å². The predicted molar refractivity (Wildman–Crippen MR) is 86.3 cm³/mol. The van der Waals surface area contributed by atoms with Gasteiger partial charge in [0.2, 0.25) is 0 Å². The molecule has 2 unspecified atom stereocenters. The number of aromatic nitrogens is 1. The second-order valence-electron chi connectivity index (χ2n) is 5.33. The highest BCUT2D eigenvalue weighted by atomic mass is 32.2. The van der Waals surface area contributed by atoms with Gasteiger partial charge in [-0.05, 0) is 44.6 Å². The highest BCUT2D eigenvalue weighted by Crippen LogP contribution is 2.38. The first-order valence-corrected chi connectivity index (χ1v) is 9.19.